The highest BCUT2D eigenvalue weighted by atomic mass is 35.5. The number of halogens is 3. The molecule has 0 radical (unpaired) electrons. The molecule has 6 rings (SSSR count). The molecule has 1 fully saturated rings. The van der Waals surface area contributed by atoms with E-state index in [1.54, 1.807) is 18.3 Å². The molecule has 1 saturated heterocycles. The van der Waals surface area contributed by atoms with Crippen LogP contribution >= 0.6 is 11.6 Å². The third kappa shape index (κ3) is 4.31. The molecule has 190 valence electrons. The Morgan fingerprint density at radius 1 is 0.974 bits per heavy atom. The van der Waals surface area contributed by atoms with Crippen LogP contribution in [-0.4, -0.2) is 42.2 Å². The molecule has 0 bridgehead atoms. The predicted octanol–water partition coefficient (Wildman–Crippen LogP) is 6.47. The second-order valence-electron chi connectivity index (χ2n) is 8.89. The quantitative estimate of drug-likeness (QED) is 0.288. The highest BCUT2D eigenvalue weighted by molar-refractivity contribution is 6.33. The summed E-state index contributed by atoms with van der Waals surface area (Å²) in [5.74, 6) is -1.44. The van der Waals surface area contributed by atoms with E-state index in [1.165, 1.54) is 30.5 Å². The second kappa shape index (κ2) is 9.96. The van der Waals surface area contributed by atoms with Gasteiger partial charge in [-0.05, 0) is 42.5 Å². The Bertz CT molecular complexity index is 1700. The Balaban J connectivity index is 1.52. The molecule has 1 amide bonds. The van der Waals surface area contributed by atoms with Crippen LogP contribution in [0.15, 0.2) is 73.1 Å². The maximum atomic E-state index is 15.2. The summed E-state index contributed by atoms with van der Waals surface area (Å²) in [6.45, 7) is 2.12. The standard InChI is InChI=1S/C29H21ClF2N4O2/c30-22-7-5-17(31)15-21(22)26-23(32)8-6-20-27(26)34-16-25(28(20)36-11-13-38-14-12-36)35-29(37)19-9-10-33-24-4-2-1-3-18(19)24/h1-10,15-16H,11-14H2,(H,35,37). The number of benzene rings is 3. The number of aromatic nitrogens is 2. The normalized spacial score (nSPS) is 13.7. The molecule has 3 heterocycles. The van der Waals surface area contributed by atoms with Crippen LogP contribution in [0.3, 0.4) is 0 Å². The largest absolute Gasteiger partial charge is 0.378 e. The molecule has 0 atom stereocenters. The number of nitrogens with zero attached hydrogens (tertiary/aromatic N) is 3. The maximum absolute atomic E-state index is 15.2. The van der Waals surface area contributed by atoms with Crippen molar-refractivity contribution in [1.82, 2.24) is 9.97 Å². The average molecular weight is 531 g/mol. The number of anilines is 2. The molecule has 9 heteroatoms. The summed E-state index contributed by atoms with van der Waals surface area (Å²) in [5.41, 5.74) is 2.93. The summed E-state index contributed by atoms with van der Waals surface area (Å²) < 4.78 is 34.9. The van der Waals surface area contributed by atoms with Crippen LogP contribution in [0.5, 0.6) is 0 Å². The van der Waals surface area contributed by atoms with Gasteiger partial charge in [0.25, 0.3) is 5.91 Å². The van der Waals surface area contributed by atoms with Gasteiger partial charge in [0, 0.05) is 46.2 Å². The van der Waals surface area contributed by atoms with Gasteiger partial charge in [-0.1, -0.05) is 29.8 Å². The number of ether oxygens (including phenoxy) is 1. The van der Waals surface area contributed by atoms with Gasteiger partial charge >= 0.3 is 0 Å². The van der Waals surface area contributed by atoms with Gasteiger partial charge in [-0.2, -0.15) is 0 Å². The minimum absolute atomic E-state index is 0.0968. The summed E-state index contributed by atoms with van der Waals surface area (Å²) in [5, 5.41) is 4.53. The number of hydrogen-bond donors (Lipinski definition) is 1. The van der Waals surface area contributed by atoms with Crippen LogP contribution in [0.2, 0.25) is 5.02 Å². The zero-order valence-corrected chi connectivity index (χ0v) is 20.8. The van der Waals surface area contributed by atoms with Gasteiger partial charge in [-0.15, -0.1) is 0 Å². The molecule has 1 N–H and O–H groups in total. The van der Waals surface area contributed by atoms with Crippen molar-refractivity contribution < 1.29 is 18.3 Å². The second-order valence-corrected chi connectivity index (χ2v) is 9.30. The van der Waals surface area contributed by atoms with Crippen molar-refractivity contribution in [2.24, 2.45) is 0 Å². The fourth-order valence-electron chi connectivity index (χ4n) is 4.87. The number of amides is 1. The minimum Gasteiger partial charge on any atom is -0.378 e. The lowest BCUT2D eigenvalue weighted by Gasteiger charge is -2.31. The third-order valence-corrected chi connectivity index (χ3v) is 6.96. The van der Waals surface area contributed by atoms with Crippen molar-refractivity contribution in [3.63, 3.8) is 0 Å². The topological polar surface area (TPSA) is 67.4 Å². The first kappa shape index (κ1) is 24.2. The van der Waals surface area contributed by atoms with E-state index in [9.17, 15) is 9.18 Å². The van der Waals surface area contributed by atoms with Crippen LogP contribution in [0.4, 0.5) is 20.2 Å². The monoisotopic (exact) mass is 530 g/mol. The number of pyridine rings is 2. The summed E-state index contributed by atoms with van der Waals surface area (Å²) in [6, 6.07) is 15.8. The van der Waals surface area contributed by atoms with Gasteiger partial charge < -0.3 is 15.0 Å². The van der Waals surface area contributed by atoms with E-state index in [0.29, 0.717) is 59.7 Å². The molecule has 0 aliphatic carbocycles. The van der Waals surface area contributed by atoms with Crippen molar-refractivity contribution in [2.45, 2.75) is 0 Å². The van der Waals surface area contributed by atoms with Gasteiger partial charge in [-0.25, -0.2) is 8.78 Å². The molecule has 38 heavy (non-hydrogen) atoms. The maximum Gasteiger partial charge on any atom is 0.256 e. The number of morpholine rings is 1. The summed E-state index contributed by atoms with van der Waals surface area (Å²) in [7, 11) is 0. The van der Waals surface area contributed by atoms with E-state index in [2.05, 4.69) is 20.2 Å². The molecule has 0 spiro atoms. The number of para-hydroxylation sites is 1. The van der Waals surface area contributed by atoms with Gasteiger partial charge in [0.1, 0.15) is 11.6 Å². The van der Waals surface area contributed by atoms with Gasteiger partial charge in [0.15, 0.2) is 0 Å². The van der Waals surface area contributed by atoms with Crippen molar-refractivity contribution in [1.29, 1.82) is 0 Å². The van der Waals surface area contributed by atoms with Crippen LogP contribution < -0.4 is 10.2 Å². The van der Waals surface area contributed by atoms with Crippen LogP contribution in [0, 0.1) is 11.6 Å². The summed E-state index contributed by atoms with van der Waals surface area (Å²) in [6.07, 6.45) is 3.10. The summed E-state index contributed by atoms with van der Waals surface area (Å²) >= 11 is 6.36. The number of carbonyl (C=O) groups excluding carboxylic acids is 1. The molecular formula is C29H21ClF2N4O2. The number of fused-ring (bicyclic) bond motifs is 2. The minimum atomic E-state index is -0.578. The van der Waals surface area contributed by atoms with Crippen molar-refractivity contribution in [3.05, 3.63) is 95.3 Å². The Labute approximate surface area is 221 Å². The van der Waals surface area contributed by atoms with Crippen molar-refractivity contribution >= 4 is 50.7 Å². The molecule has 1 aliphatic rings. The Morgan fingerprint density at radius 2 is 1.79 bits per heavy atom. The SMILES string of the molecule is O=C(Nc1cnc2c(-c3cc(F)ccc3Cl)c(F)ccc2c1N1CCOCC1)c1ccnc2ccccc12. The fourth-order valence-corrected chi connectivity index (χ4v) is 5.09. The molecule has 6 nitrogen and oxygen atoms in total. The smallest absolute Gasteiger partial charge is 0.256 e. The number of carbonyl (C=O) groups is 1. The van der Waals surface area contributed by atoms with Crippen LogP contribution in [0.25, 0.3) is 32.9 Å². The van der Waals surface area contributed by atoms with E-state index < -0.39 is 11.6 Å². The lowest BCUT2D eigenvalue weighted by Crippen LogP contribution is -2.37. The number of rotatable bonds is 4. The van der Waals surface area contributed by atoms with Gasteiger partial charge in [-0.3, -0.25) is 14.8 Å². The molecular weight excluding hydrogens is 510 g/mol. The molecule has 2 aromatic heterocycles. The predicted molar refractivity (Wildman–Crippen MR) is 145 cm³/mol. The summed E-state index contributed by atoms with van der Waals surface area (Å²) in [4.78, 5) is 24.5. The van der Waals surface area contributed by atoms with Crippen molar-refractivity contribution in [2.75, 3.05) is 36.5 Å². The molecule has 5 aromatic rings. The Morgan fingerprint density at radius 3 is 2.63 bits per heavy atom. The van der Waals surface area contributed by atoms with Crippen molar-refractivity contribution in [3.8, 4) is 11.1 Å². The first-order valence-corrected chi connectivity index (χ1v) is 12.4. The lowest BCUT2D eigenvalue weighted by atomic mass is 9.99. The number of nitrogens with one attached hydrogen (secondary N) is 1. The average Bonchev–Trinajstić information content (AvgIpc) is 2.94. The van der Waals surface area contributed by atoms with E-state index >= 15 is 4.39 Å². The van der Waals surface area contributed by atoms with Crippen LogP contribution in [-0.2, 0) is 4.74 Å². The highest BCUT2D eigenvalue weighted by Crippen LogP contribution is 2.41. The van der Waals surface area contributed by atoms with E-state index in [4.69, 9.17) is 16.3 Å². The van der Waals surface area contributed by atoms with Crippen LogP contribution in [0.1, 0.15) is 10.4 Å². The zero-order valence-electron chi connectivity index (χ0n) is 20.0. The molecule has 0 saturated carbocycles. The third-order valence-electron chi connectivity index (χ3n) is 6.63. The molecule has 1 aliphatic heterocycles. The van der Waals surface area contributed by atoms with Gasteiger partial charge in [0.2, 0.25) is 0 Å². The molecule has 0 unspecified atom stereocenters. The zero-order chi connectivity index (χ0) is 26.2. The number of hydrogen-bond acceptors (Lipinski definition) is 5. The van der Waals surface area contributed by atoms with Gasteiger partial charge in [0.05, 0.1) is 47.4 Å². The van der Waals surface area contributed by atoms with E-state index in [1.807, 2.05) is 24.3 Å². The molecule has 3 aromatic carbocycles. The fraction of sp³-hybridized carbons (Fsp3) is 0.138. The first-order chi connectivity index (χ1) is 18.5. The Hall–Kier alpha value is -4.14. The Kier molecular flexibility index (Phi) is 6.35. The van der Waals surface area contributed by atoms with E-state index in [-0.39, 0.29) is 22.1 Å². The van der Waals surface area contributed by atoms with E-state index in [0.717, 1.165) is 5.39 Å². The highest BCUT2D eigenvalue weighted by Gasteiger charge is 2.24. The first-order valence-electron chi connectivity index (χ1n) is 12.1. The lowest BCUT2D eigenvalue weighted by molar-refractivity contribution is 0.102.